The summed E-state index contributed by atoms with van der Waals surface area (Å²) in [6.45, 7) is 2.04. The highest BCUT2D eigenvalue weighted by atomic mass is 16.5. The SMILES string of the molecule is C[C@H](NC1CCOC1=O)C(N)=O. The molecule has 0 radical (unpaired) electrons. The average Bonchev–Trinajstić information content (AvgIpc) is 2.36. The molecular formula is C7H12N2O3. The van der Waals surface area contributed by atoms with E-state index in [-0.39, 0.29) is 12.0 Å². The van der Waals surface area contributed by atoms with E-state index in [1.807, 2.05) is 0 Å². The number of hydrogen-bond donors (Lipinski definition) is 2. The van der Waals surface area contributed by atoms with E-state index in [1.165, 1.54) is 0 Å². The van der Waals surface area contributed by atoms with E-state index < -0.39 is 11.9 Å². The molecule has 0 aromatic heterocycles. The van der Waals surface area contributed by atoms with Crippen LogP contribution in [0.25, 0.3) is 0 Å². The molecule has 0 aromatic rings. The predicted octanol–water partition coefficient (Wildman–Crippen LogP) is -1.23. The first kappa shape index (κ1) is 8.99. The molecule has 5 heteroatoms. The lowest BCUT2D eigenvalue weighted by Crippen LogP contribution is -2.46. The van der Waals surface area contributed by atoms with E-state index in [0.29, 0.717) is 13.0 Å². The third-order valence-corrected chi connectivity index (χ3v) is 1.81. The molecule has 1 aliphatic heterocycles. The zero-order chi connectivity index (χ0) is 9.14. The summed E-state index contributed by atoms with van der Waals surface area (Å²) < 4.78 is 4.69. The van der Waals surface area contributed by atoms with Crippen molar-refractivity contribution in [3.05, 3.63) is 0 Å². The molecule has 1 rings (SSSR count). The quantitative estimate of drug-likeness (QED) is 0.522. The van der Waals surface area contributed by atoms with E-state index in [2.05, 4.69) is 5.32 Å². The minimum absolute atomic E-state index is 0.303. The number of esters is 1. The highest BCUT2D eigenvalue weighted by molar-refractivity contribution is 5.82. The van der Waals surface area contributed by atoms with Crippen LogP contribution in [0.2, 0.25) is 0 Å². The summed E-state index contributed by atoms with van der Waals surface area (Å²) in [5.41, 5.74) is 5.01. The fraction of sp³-hybridized carbons (Fsp3) is 0.714. The molecule has 5 nitrogen and oxygen atoms in total. The summed E-state index contributed by atoms with van der Waals surface area (Å²) in [7, 11) is 0. The molecule has 12 heavy (non-hydrogen) atoms. The summed E-state index contributed by atoms with van der Waals surface area (Å²) in [5.74, 6) is -0.766. The molecule has 1 aliphatic rings. The normalized spacial score (nSPS) is 25.1. The molecule has 68 valence electrons. The van der Waals surface area contributed by atoms with Crippen LogP contribution in [-0.2, 0) is 14.3 Å². The van der Waals surface area contributed by atoms with Gasteiger partial charge in [0.15, 0.2) is 0 Å². The van der Waals surface area contributed by atoms with Gasteiger partial charge in [0.25, 0.3) is 0 Å². The van der Waals surface area contributed by atoms with Crippen molar-refractivity contribution in [1.82, 2.24) is 5.32 Å². The van der Waals surface area contributed by atoms with Crippen LogP contribution >= 0.6 is 0 Å². The number of amides is 1. The first-order chi connectivity index (χ1) is 5.61. The maximum absolute atomic E-state index is 10.9. The molecule has 1 amide bonds. The highest BCUT2D eigenvalue weighted by Gasteiger charge is 2.28. The van der Waals surface area contributed by atoms with Gasteiger partial charge < -0.3 is 10.5 Å². The molecule has 0 bridgehead atoms. The Hall–Kier alpha value is -1.10. The maximum Gasteiger partial charge on any atom is 0.323 e. The number of rotatable bonds is 3. The lowest BCUT2D eigenvalue weighted by Gasteiger charge is -2.12. The zero-order valence-electron chi connectivity index (χ0n) is 6.87. The molecule has 0 aliphatic carbocycles. The number of hydrogen-bond acceptors (Lipinski definition) is 4. The van der Waals surface area contributed by atoms with E-state index in [0.717, 1.165) is 0 Å². The van der Waals surface area contributed by atoms with Gasteiger partial charge in [-0.25, -0.2) is 0 Å². The van der Waals surface area contributed by atoms with Gasteiger partial charge in [0.1, 0.15) is 6.04 Å². The van der Waals surface area contributed by atoms with E-state index in [9.17, 15) is 9.59 Å². The van der Waals surface area contributed by atoms with Gasteiger partial charge in [-0.2, -0.15) is 0 Å². The summed E-state index contributed by atoms with van der Waals surface area (Å²) in [5, 5.41) is 2.78. The number of ether oxygens (including phenoxy) is 1. The summed E-state index contributed by atoms with van der Waals surface area (Å²) in [4.78, 5) is 21.5. The summed E-state index contributed by atoms with van der Waals surface area (Å²) >= 11 is 0. The van der Waals surface area contributed by atoms with Gasteiger partial charge >= 0.3 is 5.97 Å². The first-order valence-electron chi connectivity index (χ1n) is 3.83. The fourth-order valence-corrected chi connectivity index (χ4v) is 1.03. The molecule has 0 saturated carbocycles. The van der Waals surface area contributed by atoms with Gasteiger partial charge in [0.05, 0.1) is 12.6 Å². The van der Waals surface area contributed by atoms with Gasteiger partial charge in [0.2, 0.25) is 5.91 Å². The Morgan fingerprint density at radius 2 is 2.50 bits per heavy atom. The molecule has 3 N–H and O–H groups in total. The number of nitrogens with one attached hydrogen (secondary N) is 1. The Balaban J connectivity index is 2.40. The van der Waals surface area contributed by atoms with Crippen LogP contribution < -0.4 is 11.1 Å². The van der Waals surface area contributed by atoms with Crippen LogP contribution in [-0.4, -0.2) is 30.6 Å². The van der Waals surface area contributed by atoms with Crippen molar-refractivity contribution in [2.75, 3.05) is 6.61 Å². The molecule has 1 saturated heterocycles. The van der Waals surface area contributed by atoms with E-state index >= 15 is 0 Å². The lowest BCUT2D eigenvalue weighted by atomic mass is 10.2. The van der Waals surface area contributed by atoms with Crippen molar-refractivity contribution in [3.63, 3.8) is 0 Å². The maximum atomic E-state index is 10.9. The van der Waals surface area contributed by atoms with Crippen molar-refractivity contribution in [3.8, 4) is 0 Å². The smallest absolute Gasteiger partial charge is 0.323 e. The number of cyclic esters (lactones) is 1. The molecular weight excluding hydrogens is 160 g/mol. The predicted molar refractivity (Wildman–Crippen MR) is 41.2 cm³/mol. The molecule has 1 unspecified atom stereocenters. The van der Waals surface area contributed by atoms with Crippen LogP contribution in [0.4, 0.5) is 0 Å². The Kier molecular flexibility index (Phi) is 2.65. The van der Waals surface area contributed by atoms with Gasteiger partial charge in [-0.15, -0.1) is 0 Å². The Labute approximate surface area is 70.2 Å². The minimum atomic E-state index is -0.486. The number of carbonyl (C=O) groups is 2. The van der Waals surface area contributed by atoms with Crippen molar-refractivity contribution in [2.24, 2.45) is 5.73 Å². The third-order valence-electron chi connectivity index (χ3n) is 1.81. The van der Waals surface area contributed by atoms with Crippen molar-refractivity contribution >= 4 is 11.9 Å². The molecule has 2 atom stereocenters. The molecule has 1 fully saturated rings. The van der Waals surface area contributed by atoms with E-state index in [4.69, 9.17) is 10.5 Å². The second-order valence-electron chi connectivity index (χ2n) is 2.80. The number of nitrogens with two attached hydrogens (primary N) is 1. The largest absolute Gasteiger partial charge is 0.464 e. The topological polar surface area (TPSA) is 81.4 Å². The van der Waals surface area contributed by atoms with Gasteiger partial charge in [-0.3, -0.25) is 14.9 Å². The Bertz CT molecular complexity index is 205. The summed E-state index contributed by atoms with van der Waals surface area (Å²) in [6, 6.07) is -0.854. The van der Waals surface area contributed by atoms with Crippen molar-refractivity contribution < 1.29 is 14.3 Å². The van der Waals surface area contributed by atoms with Gasteiger partial charge in [0, 0.05) is 6.42 Å². The van der Waals surface area contributed by atoms with Crippen LogP contribution in [0.3, 0.4) is 0 Å². The van der Waals surface area contributed by atoms with Gasteiger partial charge in [-0.05, 0) is 6.92 Å². The third kappa shape index (κ3) is 1.94. The van der Waals surface area contributed by atoms with Gasteiger partial charge in [-0.1, -0.05) is 0 Å². The second-order valence-corrected chi connectivity index (χ2v) is 2.80. The second kappa shape index (κ2) is 3.53. The van der Waals surface area contributed by atoms with E-state index in [1.54, 1.807) is 6.92 Å². The molecule has 0 spiro atoms. The standard InChI is InChI=1S/C7H12N2O3/c1-4(6(8)10)9-5-2-3-12-7(5)11/h4-5,9H,2-3H2,1H3,(H2,8,10)/t4-,5?/m0/s1. The Morgan fingerprint density at radius 1 is 1.83 bits per heavy atom. The average molecular weight is 172 g/mol. The number of primary amides is 1. The first-order valence-corrected chi connectivity index (χ1v) is 3.83. The monoisotopic (exact) mass is 172 g/mol. The van der Waals surface area contributed by atoms with Crippen LogP contribution in [0.1, 0.15) is 13.3 Å². The lowest BCUT2D eigenvalue weighted by molar-refractivity contribution is -0.139. The highest BCUT2D eigenvalue weighted by Crippen LogP contribution is 2.06. The van der Waals surface area contributed by atoms with Crippen LogP contribution in [0.5, 0.6) is 0 Å². The molecule has 0 aromatic carbocycles. The Morgan fingerprint density at radius 3 is 2.92 bits per heavy atom. The van der Waals surface area contributed by atoms with Crippen LogP contribution in [0, 0.1) is 0 Å². The minimum Gasteiger partial charge on any atom is -0.464 e. The fourth-order valence-electron chi connectivity index (χ4n) is 1.03. The van der Waals surface area contributed by atoms with Crippen molar-refractivity contribution in [2.45, 2.75) is 25.4 Å². The molecule has 1 heterocycles. The summed E-state index contributed by atoms with van der Waals surface area (Å²) in [6.07, 6.45) is 0.608. The van der Waals surface area contributed by atoms with Crippen LogP contribution in [0.15, 0.2) is 0 Å². The number of carbonyl (C=O) groups excluding carboxylic acids is 2. The van der Waals surface area contributed by atoms with Crippen molar-refractivity contribution in [1.29, 1.82) is 0 Å². The zero-order valence-corrected chi connectivity index (χ0v) is 6.87.